The average Bonchev–Trinajstić information content (AvgIpc) is 2.68. The maximum absolute atomic E-state index is 12.8. The van der Waals surface area contributed by atoms with E-state index in [9.17, 15) is 33.0 Å². The van der Waals surface area contributed by atoms with Crippen LogP contribution < -0.4 is 0 Å². The van der Waals surface area contributed by atoms with Gasteiger partial charge in [0.1, 0.15) is 0 Å². The molecule has 1 amide bonds. The maximum atomic E-state index is 12.8. The molecule has 3 rings (SSSR count). The summed E-state index contributed by atoms with van der Waals surface area (Å²) >= 11 is 0. The molecule has 1 spiro atoms. The first-order valence-electron chi connectivity index (χ1n) is 7.46. The number of alkyl halides is 3. The van der Waals surface area contributed by atoms with Crippen molar-refractivity contribution in [2.75, 3.05) is 6.54 Å². The quantitative estimate of drug-likeness (QED) is 0.702. The number of amides is 1. The largest absolute Gasteiger partial charge is 0.504 e. The number of carbonyl (C=O) groups is 2. The van der Waals surface area contributed by atoms with Gasteiger partial charge in [-0.05, 0) is 41.8 Å². The fourth-order valence-corrected chi connectivity index (χ4v) is 3.20. The van der Waals surface area contributed by atoms with Crippen molar-refractivity contribution in [1.82, 2.24) is 4.90 Å². The predicted molar refractivity (Wildman–Crippen MR) is 80.8 cm³/mol. The Morgan fingerprint density at radius 1 is 1.12 bits per heavy atom. The van der Waals surface area contributed by atoms with Gasteiger partial charge in [-0.2, -0.15) is 13.2 Å². The second-order valence-corrected chi connectivity index (χ2v) is 6.08. The number of rotatable bonds is 0. The van der Waals surface area contributed by atoms with Crippen LogP contribution in [0.5, 0.6) is 11.5 Å². The number of benzene rings is 1. The van der Waals surface area contributed by atoms with Crippen molar-refractivity contribution in [2.45, 2.75) is 24.6 Å². The molecule has 2 aliphatic rings. The molecule has 5 nitrogen and oxygen atoms in total. The van der Waals surface area contributed by atoms with Crippen LogP contribution >= 0.6 is 0 Å². The minimum absolute atomic E-state index is 0.103. The molecule has 0 saturated heterocycles. The van der Waals surface area contributed by atoms with Crippen LogP contribution in [-0.4, -0.2) is 39.5 Å². The highest BCUT2D eigenvalue weighted by Crippen LogP contribution is 2.43. The lowest BCUT2D eigenvalue weighted by atomic mass is 9.73. The van der Waals surface area contributed by atoms with E-state index >= 15 is 0 Å². The fraction of sp³-hybridized carbons (Fsp3) is 0.294. The molecule has 1 aromatic rings. The third-order valence-corrected chi connectivity index (χ3v) is 4.48. The van der Waals surface area contributed by atoms with E-state index in [1.807, 2.05) is 0 Å². The van der Waals surface area contributed by atoms with Gasteiger partial charge < -0.3 is 15.1 Å². The van der Waals surface area contributed by atoms with Crippen LogP contribution in [0.1, 0.15) is 17.5 Å². The van der Waals surface area contributed by atoms with Crippen molar-refractivity contribution in [3.63, 3.8) is 0 Å². The highest BCUT2D eigenvalue weighted by atomic mass is 19.4. The molecule has 0 atom stereocenters. The summed E-state index contributed by atoms with van der Waals surface area (Å²) in [5, 5.41) is 19.5. The van der Waals surface area contributed by atoms with Crippen molar-refractivity contribution < 1.29 is 33.0 Å². The first-order valence-corrected chi connectivity index (χ1v) is 7.46. The summed E-state index contributed by atoms with van der Waals surface area (Å²) in [6, 6.07) is 2.41. The van der Waals surface area contributed by atoms with Crippen LogP contribution in [0.3, 0.4) is 0 Å². The molecule has 2 N–H and O–H groups in total. The molecule has 132 valence electrons. The number of carbonyl (C=O) groups excluding carboxylic acids is 2. The van der Waals surface area contributed by atoms with E-state index in [2.05, 4.69) is 0 Å². The summed E-state index contributed by atoms with van der Waals surface area (Å²) in [5.74, 6) is -3.15. The molecule has 25 heavy (non-hydrogen) atoms. The summed E-state index contributed by atoms with van der Waals surface area (Å²) in [7, 11) is 0. The van der Waals surface area contributed by atoms with Gasteiger partial charge in [-0.1, -0.05) is 12.2 Å². The van der Waals surface area contributed by atoms with E-state index in [0.717, 1.165) is 6.07 Å². The molecule has 0 aromatic heterocycles. The van der Waals surface area contributed by atoms with Crippen LogP contribution in [-0.2, 0) is 21.5 Å². The molecular weight excluding hydrogens is 339 g/mol. The molecule has 1 aliphatic heterocycles. The van der Waals surface area contributed by atoms with Gasteiger partial charge in [0.05, 0.1) is 0 Å². The number of fused-ring (bicyclic) bond motifs is 2. The van der Waals surface area contributed by atoms with Crippen LogP contribution in [0.25, 0.3) is 0 Å². The Bertz CT molecular complexity index is 795. The number of hydrogen-bond donors (Lipinski definition) is 2. The number of nitrogens with zero attached hydrogens (tertiary/aromatic N) is 1. The van der Waals surface area contributed by atoms with Crippen molar-refractivity contribution in [2.24, 2.45) is 0 Å². The predicted octanol–water partition coefficient (Wildman–Crippen LogP) is 2.33. The summed E-state index contributed by atoms with van der Waals surface area (Å²) in [4.78, 5) is 23.7. The van der Waals surface area contributed by atoms with E-state index in [1.165, 1.54) is 18.2 Å². The van der Waals surface area contributed by atoms with Gasteiger partial charge in [0.25, 0.3) is 0 Å². The summed E-state index contributed by atoms with van der Waals surface area (Å²) in [6.07, 6.45) is 0.791. The van der Waals surface area contributed by atoms with E-state index in [0.29, 0.717) is 10.5 Å². The lowest BCUT2D eigenvalue weighted by Gasteiger charge is -2.30. The molecule has 1 aromatic carbocycles. The Morgan fingerprint density at radius 2 is 1.72 bits per heavy atom. The van der Waals surface area contributed by atoms with Crippen molar-refractivity contribution in [3.05, 3.63) is 47.6 Å². The second-order valence-electron chi connectivity index (χ2n) is 6.08. The minimum Gasteiger partial charge on any atom is -0.504 e. The summed E-state index contributed by atoms with van der Waals surface area (Å²) < 4.78 is 38.5. The molecule has 0 fully saturated rings. The summed E-state index contributed by atoms with van der Waals surface area (Å²) in [5.41, 5.74) is -0.218. The standard InChI is InChI=1S/C17H14F3NO4/c18-17(19,20)15(25)21-6-5-16(3-1-11(22)2-4-16)12-8-14(24)13(23)7-10(12)9-21/h1-4,7-8,23-24H,5-6,9H2. The average molecular weight is 353 g/mol. The summed E-state index contributed by atoms with van der Waals surface area (Å²) in [6.45, 7) is -0.559. The number of ketones is 1. The van der Waals surface area contributed by atoms with Gasteiger partial charge in [-0.25, -0.2) is 0 Å². The SMILES string of the molecule is O=C1C=CC2(C=C1)CCN(C(=O)C(F)(F)F)Cc1cc(O)c(O)cc12. The monoisotopic (exact) mass is 353 g/mol. The Hall–Kier alpha value is -2.77. The molecular formula is C17H14F3NO4. The Kier molecular flexibility index (Phi) is 3.85. The Labute approximate surface area is 140 Å². The van der Waals surface area contributed by atoms with Gasteiger partial charge in [0.15, 0.2) is 17.3 Å². The van der Waals surface area contributed by atoms with Crippen LogP contribution in [0.4, 0.5) is 13.2 Å². The number of halogens is 3. The first kappa shape index (κ1) is 17.1. The van der Waals surface area contributed by atoms with Gasteiger partial charge in [0, 0.05) is 18.5 Å². The maximum Gasteiger partial charge on any atom is 0.471 e. The molecule has 0 saturated carbocycles. The molecule has 0 bridgehead atoms. The molecule has 1 aliphatic carbocycles. The zero-order valence-corrected chi connectivity index (χ0v) is 12.9. The number of hydrogen-bond acceptors (Lipinski definition) is 4. The van der Waals surface area contributed by atoms with Gasteiger partial charge in [-0.15, -0.1) is 0 Å². The second kappa shape index (κ2) is 5.65. The Morgan fingerprint density at radius 3 is 2.32 bits per heavy atom. The highest BCUT2D eigenvalue weighted by molar-refractivity contribution is 6.00. The molecule has 0 unspecified atom stereocenters. The number of phenolic OH excluding ortho intramolecular Hbond substituents is 2. The molecule has 0 radical (unpaired) electrons. The zero-order valence-electron chi connectivity index (χ0n) is 12.9. The normalized spacial score (nSPS) is 19.0. The number of aromatic hydroxyl groups is 2. The van der Waals surface area contributed by atoms with Crippen LogP contribution in [0.15, 0.2) is 36.4 Å². The van der Waals surface area contributed by atoms with Gasteiger partial charge in [-0.3, -0.25) is 9.59 Å². The minimum atomic E-state index is -5.01. The van der Waals surface area contributed by atoms with Crippen LogP contribution in [0.2, 0.25) is 0 Å². The highest BCUT2D eigenvalue weighted by Gasteiger charge is 2.45. The lowest BCUT2D eigenvalue weighted by molar-refractivity contribution is -0.186. The Balaban J connectivity index is 2.11. The molecule has 1 heterocycles. The topological polar surface area (TPSA) is 77.8 Å². The van der Waals surface area contributed by atoms with Crippen molar-refractivity contribution >= 4 is 11.7 Å². The third-order valence-electron chi connectivity index (χ3n) is 4.48. The van der Waals surface area contributed by atoms with E-state index in [-0.39, 0.29) is 30.9 Å². The van der Waals surface area contributed by atoms with E-state index < -0.39 is 29.0 Å². The number of allylic oxidation sites excluding steroid dienone is 4. The smallest absolute Gasteiger partial charge is 0.471 e. The van der Waals surface area contributed by atoms with Crippen LogP contribution in [0, 0.1) is 0 Å². The lowest BCUT2D eigenvalue weighted by Crippen LogP contribution is -2.41. The van der Waals surface area contributed by atoms with E-state index in [4.69, 9.17) is 0 Å². The fourth-order valence-electron chi connectivity index (χ4n) is 3.20. The van der Waals surface area contributed by atoms with Gasteiger partial charge >= 0.3 is 12.1 Å². The first-order chi connectivity index (χ1) is 11.6. The number of phenols is 2. The van der Waals surface area contributed by atoms with Gasteiger partial charge in [0.2, 0.25) is 0 Å². The van der Waals surface area contributed by atoms with Crippen molar-refractivity contribution in [1.29, 1.82) is 0 Å². The van der Waals surface area contributed by atoms with E-state index in [1.54, 1.807) is 12.2 Å². The molecule has 8 heteroatoms. The zero-order chi connectivity index (χ0) is 18.4. The van der Waals surface area contributed by atoms with Crippen molar-refractivity contribution in [3.8, 4) is 11.5 Å². The third kappa shape index (κ3) is 2.99.